The number of nitrogens with one attached hydrogen (secondary N) is 2. The van der Waals surface area contributed by atoms with Gasteiger partial charge in [-0.25, -0.2) is 0 Å². The average Bonchev–Trinajstić information content (AvgIpc) is 3.17. The predicted molar refractivity (Wildman–Crippen MR) is 96.1 cm³/mol. The molecular weight excluding hydrogens is 416 g/mol. The molecule has 1 aliphatic rings. The molecule has 162 valence electrons. The number of hydrogen-bond acceptors (Lipinski definition) is 6. The van der Waals surface area contributed by atoms with E-state index in [0.29, 0.717) is 12.1 Å². The maximum atomic E-state index is 13.2. The normalized spacial score (nSPS) is 15.0. The van der Waals surface area contributed by atoms with Gasteiger partial charge in [0, 0.05) is 5.56 Å². The molecule has 4 N–H and O–H groups in total. The second kappa shape index (κ2) is 8.42. The van der Waals surface area contributed by atoms with Crippen LogP contribution in [-0.2, 0) is 12.4 Å². The summed E-state index contributed by atoms with van der Waals surface area (Å²) in [6, 6.07) is 1.99. The number of aromatic nitrogens is 5. The van der Waals surface area contributed by atoms with Crippen molar-refractivity contribution in [2.75, 3.05) is 18.8 Å². The molecule has 0 radical (unpaired) electrons. The van der Waals surface area contributed by atoms with Gasteiger partial charge in [0.2, 0.25) is 0 Å². The van der Waals surface area contributed by atoms with Crippen LogP contribution in [0.15, 0.2) is 18.2 Å². The number of alkyl halides is 6. The molecule has 0 unspecified atom stereocenters. The first kappa shape index (κ1) is 21.7. The molecule has 0 atom stereocenters. The lowest BCUT2D eigenvalue weighted by Gasteiger charge is -2.13. The number of benzene rings is 1. The molecule has 30 heavy (non-hydrogen) atoms. The van der Waals surface area contributed by atoms with Crippen molar-refractivity contribution in [1.82, 2.24) is 30.9 Å². The van der Waals surface area contributed by atoms with Crippen LogP contribution in [0.5, 0.6) is 0 Å². The zero-order valence-corrected chi connectivity index (χ0v) is 15.4. The first-order valence-corrected chi connectivity index (χ1v) is 8.91. The molecule has 0 amide bonds. The van der Waals surface area contributed by atoms with Crippen molar-refractivity contribution < 1.29 is 26.3 Å². The molecule has 1 fully saturated rings. The maximum Gasteiger partial charge on any atom is 0.418 e. The molecule has 3 aromatic rings. The van der Waals surface area contributed by atoms with Crippen LogP contribution in [0.2, 0.25) is 0 Å². The van der Waals surface area contributed by atoms with Crippen LogP contribution in [0.3, 0.4) is 0 Å². The number of nitrogen functional groups attached to an aromatic ring is 1. The summed E-state index contributed by atoms with van der Waals surface area (Å²) in [4.78, 5) is 0. The molecule has 4 rings (SSSR count). The van der Waals surface area contributed by atoms with Gasteiger partial charge >= 0.3 is 12.4 Å². The molecule has 1 saturated heterocycles. The quantitative estimate of drug-likeness (QED) is 0.505. The Labute approximate surface area is 166 Å². The van der Waals surface area contributed by atoms with Gasteiger partial charge < -0.3 is 11.1 Å². The van der Waals surface area contributed by atoms with Gasteiger partial charge in [0.05, 0.1) is 11.1 Å². The number of hydrogen-bond donors (Lipinski definition) is 3. The Kier molecular flexibility index (Phi) is 6.10. The largest absolute Gasteiger partial charge is 0.418 e. The van der Waals surface area contributed by atoms with Crippen molar-refractivity contribution in [3.05, 3.63) is 29.3 Å². The summed E-state index contributed by atoms with van der Waals surface area (Å²) >= 11 is 0. The SMILES string of the molecule is C1CCNCC1.Nc1cc(C(F)(F)F)c(-c2ccc(C(F)(F)F)c3n[nH]nc23)nn1. The fourth-order valence-electron chi connectivity index (χ4n) is 2.97. The molecule has 0 spiro atoms. The van der Waals surface area contributed by atoms with Crippen LogP contribution in [0.1, 0.15) is 30.4 Å². The number of H-pyrrole nitrogens is 1. The van der Waals surface area contributed by atoms with Crippen LogP contribution >= 0.6 is 0 Å². The van der Waals surface area contributed by atoms with Crippen LogP contribution in [0.4, 0.5) is 32.2 Å². The van der Waals surface area contributed by atoms with Crippen molar-refractivity contribution in [2.45, 2.75) is 31.6 Å². The highest BCUT2D eigenvalue weighted by Gasteiger charge is 2.38. The molecule has 1 aromatic carbocycles. The third-order valence-electron chi connectivity index (χ3n) is 4.36. The van der Waals surface area contributed by atoms with Gasteiger partial charge in [0.15, 0.2) is 0 Å². The first-order valence-electron chi connectivity index (χ1n) is 8.91. The molecule has 0 bridgehead atoms. The van der Waals surface area contributed by atoms with Gasteiger partial charge in [0.1, 0.15) is 22.5 Å². The van der Waals surface area contributed by atoms with E-state index in [9.17, 15) is 26.3 Å². The van der Waals surface area contributed by atoms with Crippen molar-refractivity contribution >= 4 is 16.9 Å². The van der Waals surface area contributed by atoms with E-state index in [2.05, 4.69) is 25.7 Å². The number of fused-ring (bicyclic) bond motifs is 1. The van der Waals surface area contributed by atoms with E-state index < -0.39 is 46.0 Å². The third kappa shape index (κ3) is 4.78. The lowest BCUT2D eigenvalue weighted by Crippen LogP contribution is -2.21. The number of aromatic amines is 1. The number of halogens is 6. The predicted octanol–water partition coefficient (Wildman–Crippen LogP) is 3.79. The van der Waals surface area contributed by atoms with Crippen LogP contribution in [-0.4, -0.2) is 38.7 Å². The smallest absolute Gasteiger partial charge is 0.382 e. The van der Waals surface area contributed by atoms with E-state index in [-0.39, 0.29) is 5.56 Å². The maximum absolute atomic E-state index is 13.2. The Morgan fingerprint density at radius 3 is 1.97 bits per heavy atom. The van der Waals surface area contributed by atoms with Gasteiger partial charge in [-0.05, 0) is 44.1 Å². The summed E-state index contributed by atoms with van der Waals surface area (Å²) in [6.07, 6.45) is -5.36. The highest BCUT2D eigenvalue weighted by molar-refractivity contribution is 5.93. The number of rotatable bonds is 1. The summed E-state index contributed by atoms with van der Waals surface area (Å²) in [5.41, 5.74) is 0.834. The number of piperidine rings is 1. The second-order valence-corrected chi connectivity index (χ2v) is 6.52. The lowest BCUT2D eigenvalue weighted by molar-refractivity contribution is -0.138. The average molecular weight is 433 g/mol. The standard InChI is InChI=1S/C12H6F6N6.C5H11N/c13-11(14,15)5-2-1-4(9-10(5)23-24-22-9)8-6(12(16,17)18)3-7(19)20-21-8;1-2-4-6-5-3-1/h1-3H,(H2,19,20)(H,22,23,24);6H,1-5H2. The summed E-state index contributed by atoms with van der Waals surface area (Å²) in [7, 11) is 0. The second-order valence-electron chi connectivity index (χ2n) is 6.52. The number of anilines is 1. The third-order valence-corrected chi connectivity index (χ3v) is 4.36. The minimum atomic E-state index is -4.84. The topological polar surface area (TPSA) is 105 Å². The van der Waals surface area contributed by atoms with Crippen molar-refractivity contribution in [1.29, 1.82) is 0 Å². The Hall–Kier alpha value is -2.96. The van der Waals surface area contributed by atoms with Crippen molar-refractivity contribution in [3.63, 3.8) is 0 Å². The Morgan fingerprint density at radius 1 is 0.800 bits per heavy atom. The van der Waals surface area contributed by atoms with Crippen molar-refractivity contribution in [3.8, 4) is 11.3 Å². The molecular formula is C17H17F6N7. The Bertz CT molecular complexity index is 996. The summed E-state index contributed by atoms with van der Waals surface area (Å²) < 4.78 is 78.3. The zero-order chi connectivity index (χ0) is 21.9. The summed E-state index contributed by atoms with van der Waals surface area (Å²) in [6.45, 7) is 2.50. The van der Waals surface area contributed by atoms with Gasteiger partial charge in [-0.2, -0.15) is 41.8 Å². The van der Waals surface area contributed by atoms with Crippen LogP contribution < -0.4 is 11.1 Å². The van der Waals surface area contributed by atoms with E-state index in [1.54, 1.807) is 0 Å². The van der Waals surface area contributed by atoms with E-state index in [0.717, 1.165) is 6.07 Å². The molecule has 7 nitrogen and oxygen atoms in total. The molecule has 3 heterocycles. The number of nitrogens with two attached hydrogens (primary N) is 1. The first-order chi connectivity index (χ1) is 14.1. The van der Waals surface area contributed by atoms with E-state index >= 15 is 0 Å². The lowest BCUT2D eigenvalue weighted by atomic mass is 10.0. The van der Waals surface area contributed by atoms with E-state index in [1.807, 2.05) is 5.21 Å². The molecule has 2 aromatic heterocycles. The highest BCUT2D eigenvalue weighted by atomic mass is 19.4. The van der Waals surface area contributed by atoms with Gasteiger partial charge in [0.25, 0.3) is 0 Å². The Morgan fingerprint density at radius 2 is 1.43 bits per heavy atom. The minimum absolute atomic E-state index is 0.299. The molecule has 0 aliphatic carbocycles. The van der Waals surface area contributed by atoms with E-state index in [1.165, 1.54) is 32.4 Å². The monoisotopic (exact) mass is 433 g/mol. The minimum Gasteiger partial charge on any atom is -0.382 e. The van der Waals surface area contributed by atoms with Gasteiger partial charge in [-0.1, -0.05) is 6.42 Å². The summed E-state index contributed by atoms with van der Waals surface area (Å²) in [5.74, 6) is -0.477. The van der Waals surface area contributed by atoms with Gasteiger partial charge in [-0.15, -0.1) is 10.2 Å². The molecule has 1 aliphatic heterocycles. The van der Waals surface area contributed by atoms with E-state index in [4.69, 9.17) is 5.73 Å². The molecule has 13 heteroatoms. The zero-order valence-electron chi connectivity index (χ0n) is 15.4. The highest BCUT2D eigenvalue weighted by Crippen LogP contribution is 2.40. The number of nitrogens with zero attached hydrogens (tertiary/aromatic N) is 4. The summed E-state index contributed by atoms with van der Waals surface area (Å²) in [5, 5.41) is 18.9. The van der Waals surface area contributed by atoms with Crippen molar-refractivity contribution in [2.24, 2.45) is 0 Å². The molecule has 0 saturated carbocycles. The van der Waals surface area contributed by atoms with Gasteiger partial charge in [-0.3, -0.25) is 0 Å². The van der Waals surface area contributed by atoms with Crippen LogP contribution in [0, 0.1) is 0 Å². The van der Waals surface area contributed by atoms with Crippen LogP contribution in [0.25, 0.3) is 22.3 Å². The fraction of sp³-hybridized carbons (Fsp3) is 0.412. The Balaban J connectivity index is 0.000000367. The fourth-order valence-corrected chi connectivity index (χ4v) is 2.97.